The smallest absolute Gasteiger partial charge is 0.277 e. The highest BCUT2D eigenvalue weighted by Crippen LogP contribution is 2.29. The number of carbonyl (C=O) groups excluding carboxylic acids is 1. The van der Waals surface area contributed by atoms with Gasteiger partial charge in [-0.15, -0.1) is 0 Å². The molecule has 3 aromatic rings. The molecule has 3 heterocycles. The van der Waals surface area contributed by atoms with Crippen molar-refractivity contribution in [3.05, 3.63) is 59.4 Å². The topological polar surface area (TPSA) is 67.0 Å². The molecule has 2 aromatic heterocycles. The van der Waals surface area contributed by atoms with Crippen molar-refractivity contribution in [3.8, 4) is 11.3 Å². The summed E-state index contributed by atoms with van der Waals surface area (Å²) in [5.74, 6) is -0.205. The van der Waals surface area contributed by atoms with Gasteiger partial charge in [-0.2, -0.15) is 0 Å². The lowest BCUT2D eigenvalue weighted by Crippen LogP contribution is -1.96. The highest BCUT2D eigenvalue weighted by Gasteiger charge is 2.20. The number of benzene rings is 1. The lowest BCUT2D eigenvalue weighted by atomic mass is 10.0. The Morgan fingerprint density at radius 2 is 2.05 bits per heavy atom. The first-order valence-electron chi connectivity index (χ1n) is 6.56. The van der Waals surface area contributed by atoms with Crippen molar-refractivity contribution in [2.24, 2.45) is 4.99 Å². The maximum atomic E-state index is 11.7. The van der Waals surface area contributed by atoms with E-state index in [-0.39, 0.29) is 12.5 Å². The summed E-state index contributed by atoms with van der Waals surface area (Å²) in [6, 6.07) is 9.27. The van der Waals surface area contributed by atoms with Gasteiger partial charge in [-0.05, 0) is 23.8 Å². The van der Waals surface area contributed by atoms with Gasteiger partial charge in [-0.1, -0.05) is 12.1 Å². The second-order valence-electron chi connectivity index (χ2n) is 4.89. The van der Waals surface area contributed by atoms with Crippen LogP contribution in [0.1, 0.15) is 21.5 Å². The first-order valence-corrected chi connectivity index (χ1v) is 6.56. The molecule has 0 saturated heterocycles. The van der Waals surface area contributed by atoms with Gasteiger partial charge >= 0.3 is 0 Å². The maximum absolute atomic E-state index is 11.7. The monoisotopic (exact) mass is 277 g/mol. The average Bonchev–Trinajstić information content (AvgIpc) is 3.10. The van der Waals surface area contributed by atoms with E-state index >= 15 is 0 Å². The lowest BCUT2D eigenvalue weighted by molar-refractivity contribution is 0.101. The van der Waals surface area contributed by atoms with E-state index in [4.69, 9.17) is 0 Å². The predicted octanol–water partition coefficient (Wildman–Crippen LogP) is 2.07. The van der Waals surface area contributed by atoms with Crippen molar-refractivity contribution in [1.29, 1.82) is 0 Å². The number of pyridine rings is 1. The van der Waals surface area contributed by atoms with Gasteiger partial charge in [0.05, 0.1) is 24.1 Å². The van der Waals surface area contributed by atoms with E-state index in [0.29, 0.717) is 5.56 Å². The number of rotatable bonds is 2. The predicted molar refractivity (Wildman–Crippen MR) is 78.5 cm³/mol. The molecule has 4 rings (SSSR count). The summed E-state index contributed by atoms with van der Waals surface area (Å²) < 4.78 is 1.94. The Hall–Kier alpha value is -2.79. The molecule has 0 atom stereocenters. The SMILES string of the molecule is O=C1N=Cc2c1cccc2-c1cnc2cc(CO)ccn12. The molecule has 1 aromatic carbocycles. The first-order chi connectivity index (χ1) is 10.3. The third-order valence-electron chi connectivity index (χ3n) is 3.68. The normalized spacial score (nSPS) is 13.1. The summed E-state index contributed by atoms with van der Waals surface area (Å²) in [5, 5.41) is 9.18. The van der Waals surface area contributed by atoms with Crippen molar-refractivity contribution in [3.63, 3.8) is 0 Å². The number of aliphatic hydroxyl groups excluding tert-OH is 1. The number of hydrogen-bond acceptors (Lipinski definition) is 3. The van der Waals surface area contributed by atoms with Crippen molar-refractivity contribution in [2.45, 2.75) is 6.61 Å². The number of nitrogens with zero attached hydrogens (tertiary/aromatic N) is 3. The van der Waals surface area contributed by atoms with E-state index in [1.807, 2.05) is 34.9 Å². The zero-order valence-electron chi connectivity index (χ0n) is 11.0. The Bertz CT molecular complexity index is 909. The highest BCUT2D eigenvalue weighted by atomic mass is 16.3. The summed E-state index contributed by atoms with van der Waals surface area (Å²) in [6.07, 6.45) is 5.24. The van der Waals surface area contributed by atoms with E-state index in [1.54, 1.807) is 18.5 Å². The minimum absolute atomic E-state index is 0.0133. The number of hydrogen-bond donors (Lipinski definition) is 1. The van der Waals surface area contributed by atoms with Gasteiger partial charge in [-0.3, -0.25) is 9.20 Å². The molecular formula is C16H11N3O2. The van der Waals surface area contributed by atoms with Crippen LogP contribution in [0.2, 0.25) is 0 Å². The minimum atomic E-state index is -0.205. The second kappa shape index (κ2) is 4.36. The molecule has 0 saturated carbocycles. The Morgan fingerprint density at radius 3 is 2.90 bits per heavy atom. The quantitative estimate of drug-likeness (QED) is 0.779. The molecular weight excluding hydrogens is 266 g/mol. The van der Waals surface area contributed by atoms with Gasteiger partial charge in [0.1, 0.15) is 5.65 Å². The van der Waals surface area contributed by atoms with Gasteiger partial charge in [0.25, 0.3) is 5.91 Å². The third kappa shape index (κ3) is 1.71. The van der Waals surface area contributed by atoms with Gasteiger partial charge in [-0.25, -0.2) is 9.98 Å². The van der Waals surface area contributed by atoms with Crippen molar-refractivity contribution in [1.82, 2.24) is 9.38 Å². The molecule has 0 aliphatic carbocycles. The van der Waals surface area contributed by atoms with E-state index in [2.05, 4.69) is 9.98 Å². The number of aliphatic hydroxyl groups is 1. The highest BCUT2D eigenvalue weighted by molar-refractivity contribution is 6.15. The zero-order valence-corrected chi connectivity index (χ0v) is 11.0. The number of imidazole rings is 1. The number of amides is 1. The van der Waals surface area contributed by atoms with Crippen LogP contribution in [-0.2, 0) is 6.61 Å². The summed E-state index contributed by atoms with van der Waals surface area (Å²) in [6.45, 7) is -0.0133. The van der Waals surface area contributed by atoms with Crippen LogP contribution in [0.25, 0.3) is 16.9 Å². The Balaban J connectivity index is 1.96. The fourth-order valence-electron chi connectivity index (χ4n) is 2.63. The molecule has 102 valence electrons. The van der Waals surface area contributed by atoms with Crippen LogP contribution < -0.4 is 0 Å². The summed E-state index contributed by atoms with van der Waals surface area (Å²) in [4.78, 5) is 19.9. The van der Waals surface area contributed by atoms with Crippen LogP contribution in [0, 0.1) is 0 Å². The van der Waals surface area contributed by atoms with Crippen LogP contribution in [0.3, 0.4) is 0 Å². The Kier molecular flexibility index (Phi) is 2.49. The fraction of sp³-hybridized carbons (Fsp3) is 0.0625. The van der Waals surface area contributed by atoms with Crippen molar-refractivity contribution >= 4 is 17.8 Å². The maximum Gasteiger partial charge on any atom is 0.277 e. The summed E-state index contributed by atoms with van der Waals surface area (Å²) in [7, 11) is 0. The van der Waals surface area contributed by atoms with Crippen LogP contribution in [0.15, 0.2) is 47.7 Å². The summed E-state index contributed by atoms with van der Waals surface area (Å²) >= 11 is 0. The largest absolute Gasteiger partial charge is 0.392 e. The Morgan fingerprint density at radius 1 is 1.19 bits per heavy atom. The van der Waals surface area contributed by atoms with E-state index < -0.39 is 0 Å². The average molecular weight is 277 g/mol. The van der Waals surface area contributed by atoms with Crippen molar-refractivity contribution < 1.29 is 9.90 Å². The zero-order chi connectivity index (χ0) is 14.4. The van der Waals surface area contributed by atoms with Crippen LogP contribution >= 0.6 is 0 Å². The number of aliphatic imine (C=N–C) groups is 1. The van der Waals surface area contributed by atoms with Gasteiger partial charge in [0.2, 0.25) is 0 Å². The molecule has 0 fully saturated rings. The lowest BCUT2D eigenvalue weighted by Gasteiger charge is -2.06. The van der Waals surface area contributed by atoms with Gasteiger partial charge in [0, 0.05) is 23.5 Å². The molecule has 1 aliphatic rings. The van der Waals surface area contributed by atoms with Crippen molar-refractivity contribution in [2.75, 3.05) is 0 Å². The van der Waals surface area contributed by atoms with Crippen LogP contribution in [0.5, 0.6) is 0 Å². The second-order valence-corrected chi connectivity index (χ2v) is 4.89. The fourth-order valence-corrected chi connectivity index (χ4v) is 2.63. The van der Waals surface area contributed by atoms with Gasteiger partial charge < -0.3 is 5.11 Å². The minimum Gasteiger partial charge on any atom is -0.392 e. The molecule has 1 amide bonds. The number of fused-ring (bicyclic) bond motifs is 2. The van der Waals surface area contributed by atoms with E-state index in [9.17, 15) is 9.90 Å². The van der Waals surface area contributed by atoms with E-state index in [0.717, 1.165) is 28.0 Å². The summed E-state index contributed by atoms with van der Waals surface area (Å²) in [5.41, 5.74) is 4.84. The van der Waals surface area contributed by atoms with Crippen LogP contribution in [0.4, 0.5) is 0 Å². The van der Waals surface area contributed by atoms with Crippen LogP contribution in [-0.4, -0.2) is 26.6 Å². The molecule has 5 heteroatoms. The molecule has 0 bridgehead atoms. The molecule has 1 N–H and O–H groups in total. The number of carbonyl (C=O) groups is 1. The molecule has 5 nitrogen and oxygen atoms in total. The van der Waals surface area contributed by atoms with Gasteiger partial charge in [0.15, 0.2) is 0 Å². The first kappa shape index (κ1) is 12.0. The standard InChI is InChI=1S/C16H11N3O2/c20-9-10-4-5-19-14(8-17-15(19)6-10)11-2-1-3-12-13(11)7-18-16(12)21/h1-8,20H,9H2. The van der Waals surface area contributed by atoms with E-state index in [1.165, 1.54) is 0 Å². The number of aromatic nitrogens is 2. The Labute approximate surface area is 120 Å². The third-order valence-corrected chi connectivity index (χ3v) is 3.68. The molecule has 0 radical (unpaired) electrons. The molecule has 1 aliphatic heterocycles. The molecule has 0 unspecified atom stereocenters. The molecule has 21 heavy (non-hydrogen) atoms. The molecule has 0 spiro atoms.